The van der Waals surface area contributed by atoms with Crippen LogP contribution in [0.25, 0.3) is 0 Å². The van der Waals surface area contributed by atoms with E-state index in [2.05, 4.69) is 24.1 Å². The first-order valence-electron chi connectivity index (χ1n) is 6.04. The minimum atomic E-state index is -0.132. The molecular weight excluding hydrogens is 234 g/mol. The number of thiazole rings is 1. The number of hydrogen-bond donors (Lipinski definition) is 2. The summed E-state index contributed by atoms with van der Waals surface area (Å²) in [6.45, 7) is 6.65. The minimum absolute atomic E-state index is 0.112. The molecule has 2 rings (SSSR count). The highest BCUT2D eigenvalue weighted by atomic mass is 32.1. The first-order valence-corrected chi connectivity index (χ1v) is 6.91. The normalized spacial score (nSPS) is 20.4. The second-order valence-electron chi connectivity index (χ2n) is 5.29. The lowest BCUT2D eigenvalue weighted by atomic mass is 9.90. The molecule has 0 amide bonds. The van der Waals surface area contributed by atoms with Crippen molar-refractivity contribution in [2.75, 3.05) is 19.8 Å². The summed E-state index contributed by atoms with van der Waals surface area (Å²) in [7, 11) is 0. The number of nitrogens with two attached hydrogens (primary N) is 1. The van der Waals surface area contributed by atoms with E-state index in [4.69, 9.17) is 10.5 Å². The minimum Gasteiger partial charge on any atom is -0.381 e. The SMILES string of the molecule is CC(C)(NCC1(N)CCOCC1)c1nccs1. The standard InChI is InChI=1S/C12H21N3OS/c1-11(2,10-14-5-8-17-10)15-9-12(13)3-6-16-7-4-12/h5,8,15H,3-4,6-7,9,13H2,1-2H3. The lowest BCUT2D eigenvalue weighted by Gasteiger charge is -2.36. The molecule has 2 heterocycles. The Morgan fingerprint density at radius 3 is 2.82 bits per heavy atom. The second kappa shape index (κ2) is 5.02. The molecule has 1 aromatic rings. The summed E-state index contributed by atoms with van der Waals surface area (Å²) >= 11 is 1.68. The third-order valence-electron chi connectivity index (χ3n) is 3.34. The molecule has 96 valence electrons. The smallest absolute Gasteiger partial charge is 0.112 e. The Bertz CT molecular complexity index is 345. The Labute approximate surface area is 107 Å². The van der Waals surface area contributed by atoms with Gasteiger partial charge in [0.1, 0.15) is 5.01 Å². The molecule has 0 spiro atoms. The van der Waals surface area contributed by atoms with Crippen molar-refractivity contribution in [3.05, 3.63) is 16.6 Å². The van der Waals surface area contributed by atoms with Crippen LogP contribution >= 0.6 is 11.3 Å². The van der Waals surface area contributed by atoms with Crippen LogP contribution in [0.4, 0.5) is 0 Å². The van der Waals surface area contributed by atoms with Gasteiger partial charge < -0.3 is 15.8 Å². The van der Waals surface area contributed by atoms with Crippen LogP contribution in [0.3, 0.4) is 0 Å². The quantitative estimate of drug-likeness (QED) is 0.855. The van der Waals surface area contributed by atoms with Gasteiger partial charge in [-0.25, -0.2) is 4.98 Å². The topological polar surface area (TPSA) is 60.2 Å². The van der Waals surface area contributed by atoms with E-state index in [1.54, 1.807) is 11.3 Å². The van der Waals surface area contributed by atoms with Crippen molar-refractivity contribution in [1.82, 2.24) is 10.3 Å². The van der Waals surface area contributed by atoms with Crippen LogP contribution < -0.4 is 11.1 Å². The van der Waals surface area contributed by atoms with Crippen molar-refractivity contribution in [2.45, 2.75) is 37.8 Å². The summed E-state index contributed by atoms with van der Waals surface area (Å²) in [6.07, 6.45) is 3.69. The maximum atomic E-state index is 6.36. The van der Waals surface area contributed by atoms with E-state index < -0.39 is 0 Å². The molecule has 0 atom stereocenters. The van der Waals surface area contributed by atoms with E-state index in [9.17, 15) is 0 Å². The lowest BCUT2D eigenvalue weighted by molar-refractivity contribution is 0.0505. The Morgan fingerprint density at radius 2 is 2.24 bits per heavy atom. The zero-order valence-corrected chi connectivity index (χ0v) is 11.3. The fraction of sp³-hybridized carbons (Fsp3) is 0.750. The number of aromatic nitrogens is 1. The fourth-order valence-corrected chi connectivity index (χ4v) is 2.70. The van der Waals surface area contributed by atoms with Gasteiger partial charge in [-0.15, -0.1) is 11.3 Å². The number of nitrogens with zero attached hydrogens (tertiary/aromatic N) is 1. The Kier molecular flexibility index (Phi) is 3.82. The van der Waals surface area contributed by atoms with Gasteiger partial charge in [-0.1, -0.05) is 0 Å². The maximum absolute atomic E-state index is 6.36. The molecule has 0 unspecified atom stereocenters. The van der Waals surface area contributed by atoms with Crippen molar-refractivity contribution in [2.24, 2.45) is 5.73 Å². The summed E-state index contributed by atoms with van der Waals surface area (Å²) in [5.41, 5.74) is 6.12. The third kappa shape index (κ3) is 3.25. The van der Waals surface area contributed by atoms with Crippen molar-refractivity contribution >= 4 is 11.3 Å². The van der Waals surface area contributed by atoms with Gasteiger partial charge in [-0.3, -0.25) is 0 Å². The number of rotatable bonds is 4. The lowest BCUT2D eigenvalue weighted by Crippen LogP contribution is -2.55. The van der Waals surface area contributed by atoms with Crippen molar-refractivity contribution < 1.29 is 4.74 Å². The monoisotopic (exact) mass is 255 g/mol. The molecule has 1 saturated heterocycles. The predicted molar refractivity (Wildman–Crippen MR) is 70.1 cm³/mol. The van der Waals surface area contributed by atoms with Crippen molar-refractivity contribution in [3.8, 4) is 0 Å². The van der Waals surface area contributed by atoms with Crippen LogP contribution in [0.1, 0.15) is 31.7 Å². The summed E-state index contributed by atoms with van der Waals surface area (Å²) < 4.78 is 5.35. The molecule has 0 aliphatic carbocycles. The molecule has 3 N–H and O–H groups in total. The number of hydrogen-bond acceptors (Lipinski definition) is 5. The summed E-state index contributed by atoms with van der Waals surface area (Å²) in [5.74, 6) is 0. The molecule has 0 bridgehead atoms. The second-order valence-corrected chi connectivity index (χ2v) is 6.19. The van der Waals surface area contributed by atoms with Gasteiger partial charge in [0.15, 0.2) is 0 Å². The van der Waals surface area contributed by atoms with Crippen LogP contribution in [-0.4, -0.2) is 30.3 Å². The van der Waals surface area contributed by atoms with E-state index >= 15 is 0 Å². The third-order valence-corrected chi connectivity index (χ3v) is 4.43. The molecular formula is C12H21N3OS. The number of nitrogens with one attached hydrogen (secondary N) is 1. The maximum Gasteiger partial charge on any atom is 0.112 e. The highest BCUT2D eigenvalue weighted by Gasteiger charge is 2.31. The Balaban J connectivity index is 1.93. The Morgan fingerprint density at radius 1 is 1.53 bits per heavy atom. The van der Waals surface area contributed by atoms with Crippen LogP contribution in [-0.2, 0) is 10.3 Å². The Hall–Kier alpha value is -0.490. The molecule has 0 saturated carbocycles. The van der Waals surface area contributed by atoms with E-state index in [1.807, 2.05) is 11.6 Å². The molecule has 1 aliphatic heterocycles. The molecule has 5 heteroatoms. The van der Waals surface area contributed by atoms with Crippen LogP contribution in [0.15, 0.2) is 11.6 Å². The van der Waals surface area contributed by atoms with Gasteiger partial charge >= 0.3 is 0 Å². The average molecular weight is 255 g/mol. The van der Waals surface area contributed by atoms with Gasteiger partial charge in [0.2, 0.25) is 0 Å². The first kappa shape index (κ1) is 13.0. The summed E-state index contributed by atoms with van der Waals surface area (Å²) in [5, 5.41) is 6.65. The molecule has 1 aromatic heterocycles. The van der Waals surface area contributed by atoms with E-state index in [-0.39, 0.29) is 11.1 Å². The summed E-state index contributed by atoms with van der Waals surface area (Å²) in [4.78, 5) is 4.36. The van der Waals surface area contributed by atoms with Crippen LogP contribution in [0, 0.1) is 0 Å². The van der Waals surface area contributed by atoms with Gasteiger partial charge in [-0.05, 0) is 26.7 Å². The zero-order chi connectivity index (χ0) is 12.4. The highest BCUT2D eigenvalue weighted by molar-refractivity contribution is 7.09. The fourth-order valence-electron chi connectivity index (χ4n) is 1.96. The van der Waals surface area contributed by atoms with Crippen LogP contribution in [0.2, 0.25) is 0 Å². The van der Waals surface area contributed by atoms with Crippen molar-refractivity contribution in [1.29, 1.82) is 0 Å². The predicted octanol–water partition coefficient (Wildman–Crippen LogP) is 1.48. The van der Waals surface area contributed by atoms with E-state index in [0.29, 0.717) is 0 Å². The van der Waals surface area contributed by atoms with Gasteiger partial charge in [0, 0.05) is 36.9 Å². The molecule has 1 fully saturated rings. The van der Waals surface area contributed by atoms with Gasteiger partial charge in [-0.2, -0.15) is 0 Å². The molecule has 0 aromatic carbocycles. The molecule has 17 heavy (non-hydrogen) atoms. The summed E-state index contributed by atoms with van der Waals surface area (Å²) in [6, 6.07) is 0. The van der Waals surface area contributed by atoms with Gasteiger partial charge in [0.05, 0.1) is 5.54 Å². The van der Waals surface area contributed by atoms with E-state index in [0.717, 1.165) is 37.6 Å². The molecule has 4 nitrogen and oxygen atoms in total. The average Bonchev–Trinajstić information content (AvgIpc) is 2.82. The first-order chi connectivity index (χ1) is 8.02. The van der Waals surface area contributed by atoms with Crippen molar-refractivity contribution in [3.63, 3.8) is 0 Å². The number of ether oxygens (including phenoxy) is 1. The highest BCUT2D eigenvalue weighted by Crippen LogP contribution is 2.24. The van der Waals surface area contributed by atoms with Gasteiger partial charge in [0.25, 0.3) is 0 Å². The molecule has 0 radical (unpaired) electrons. The van der Waals surface area contributed by atoms with E-state index in [1.165, 1.54) is 0 Å². The molecule has 1 aliphatic rings. The largest absolute Gasteiger partial charge is 0.381 e. The zero-order valence-electron chi connectivity index (χ0n) is 10.5. The van der Waals surface area contributed by atoms with Crippen LogP contribution in [0.5, 0.6) is 0 Å².